The Morgan fingerprint density at radius 1 is 1.09 bits per heavy atom. The number of hydrogen-bond donors (Lipinski definition) is 0. The minimum absolute atomic E-state index is 0.271. The summed E-state index contributed by atoms with van der Waals surface area (Å²) in [6.45, 7) is 7.95. The molecule has 0 N–H and O–H groups in total. The van der Waals surface area contributed by atoms with Crippen LogP contribution in [0.4, 0.5) is 0 Å². The van der Waals surface area contributed by atoms with Gasteiger partial charge in [-0.3, -0.25) is 0 Å². The number of hydrogen-bond acceptors (Lipinski definition) is 4. The molecule has 128 valence electrons. The molecule has 23 heavy (non-hydrogen) atoms. The molecule has 6 nitrogen and oxygen atoms in total. The van der Waals surface area contributed by atoms with E-state index in [4.69, 9.17) is 0 Å². The molecule has 0 radical (unpaired) electrons. The first kappa shape index (κ1) is 17.9. The summed E-state index contributed by atoms with van der Waals surface area (Å²) in [6.07, 6.45) is 1.48. The molecule has 0 atom stereocenters. The number of nitrogens with zero attached hydrogens (tertiary/aromatic N) is 3. The van der Waals surface area contributed by atoms with Crippen LogP contribution in [0.2, 0.25) is 0 Å². The van der Waals surface area contributed by atoms with Crippen molar-refractivity contribution in [2.24, 2.45) is 0 Å². The monoisotopic (exact) mass is 339 g/mol. The summed E-state index contributed by atoms with van der Waals surface area (Å²) in [4.78, 5) is 2.38. The molecule has 0 aliphatic carbocycles. The molecular weight excluding hydrogens is 314 g/mol. The standard InChI is InChI=1S/C16H25N3O3S/c1-16(2,3)19(20)13-14-5-7-15(8-6-14)23(21,22)18-11-9-17(4)10-12-18/h5-8,13H,9-12H2,1-4H3/b19-13-. The van der Waals surface area contributed by atoms with Crippen LogP contribution in [0, 0.1) is 5.21 Å². The van der Waals surface area contributed by atoms with E-state index in [-0.39, 0.29) is 4.90 Å². The zero-order chi connectivity index (χ0) is 17.3. The number of benzene rings is 1. The van der Waals surface area contributed by atoms with Crippen LogP contribution >= 0.6 is 0 Å². The van der Waals surface area contributed by atoms with E-state index in [1.807, 2.05) is 27.8 Å². The van der Waals surface area contributed by atoms with E-state index in [0.29, 0.717) is 18.7 Å². The largest absolute Gasteiger partial charge is 0.623 e. The Kier molecular flexibility index (Phi) is 5.13. The predicted molar refractivity (Wildman–Crippen MR) is 91.2 cm³/mol. The molecule has 1 saturated heterocycles. The Morgan fingerprint density at radius 2 is 1.61 bits per heavy atom. The second-order valence-electron chi connectivity index (χ2n) is 6.90. The van der Waals surface area contributed by atoms with Crippen molar-refractivity contribution in [1.82, 2.24) is 9.21 Å². The maximum Gasteiger partial charge on any atom is 0.243 e. The van der Waals surface area contributed by atoms with Crippen molar-refractivity contribution in [3.63, 3.8) is 0 Å². The highest BCUT2D eigenvalue weighted by Crippen LogP contribution is 2.18. The van der Waals surface area contributed by atoms with Gasteiger partial charge in [0.2, 0.25) is 10.0 Å². The average Bonchev–Trinajstić information content (AvgIpc) is 2.47. The van der Waals surface area contributed by atoms with Gasteiger partial charge in [-0.25, -0.2) is 13.2 Å². The molecule has 1 aliphatic rings. The highest BCUT2D eigenvalue weighted by atomic mass is 32.2. The van der Waals surface area contributed by atoms with Crippen molar-refractivity contribution in [2.75, 3.05) is 33.2 Å². The van der Waals surface area contributed by atoms with Crippen LogP contribution in [0.3, 0.4) is 0 Å². The molecule has 0 bridgehead atoms. The van der Waals surface area contributed by atoms with Gasteiger partial charge in [0.1, 0.15) is 0 Å². The van der Waals surface area contributed by atoms with Gasteiger partial charge in [-0.15, -0.1) is 0 Å². The van der Waals surface area contributed by atoms with Crippen LogP contribution in [0.5, 0.6) is 0 Å². The molecular formula is C16H25N3O3S. The first-order chi connectivity index (χ1) is 10.6. The van der Waals surface area contributed by atoms with E-state index < -0.39 is 15.6 Å². The molecule has 7 heteroatoms. The van der Waals surface area contributed by atoms with Gasteiger partial charge in [0.25, 0.3) is 0 Å². The minimum Gasteiger partial charge on any atom is -0.623 e. The molecule has 0 aromatic heterocycles. The van der Waals surface area contributed by atoms with Crippen molar-refractivity contribution in [3.05, 3.63) is 35.0 Å². The van der Waals surface area contributed by atoms with Crippen molar-refractivity contribution in [1.29, 1.82) is 0 Å². The fourth-order valence-electron chi connectivity index (χ4n) is 2.23. The zero-order valence-electron chi connectivity index (χ0n) is 14.2. The molecule has 0 amide bonds. The Balaban J connectivity index is 2.19. The maximum absolute atomic E-state index is 12.6. The van der Waals surface area contributed by atoms with Crippen molar-refractivity contribution >= 4 is 16.2 Å². The van der Waals surface area contributed by atoms with Crippen LogP contribution in [0.1, 0.15) is 26.3 Å². The quantitative estimate of drug-likeness (QED) is 0.361. The first-order valence-corrected chi connectivity index (χ1v) is 9.15. The third-order valence-electron chi connectivity index (χ3n) is 3.91. The van der Waals surface area contributed by atoms with Gasteiger partial charge in [-0.1, -0.05) is 0 Å². The van der Waals surface area contributed by atoms with Gasteiger partial charge >= 0.3 is 0 Å². The van der Waals surface area contributed by atoms with Gasteiger partial charge in [0.15, 0.2) is 11.8 Å². The summed E-state index contributed by atoms with van der Waals surface area (Å²) in [5.74, 6) is 0. The van der Waals surface area contributed by atoms with Gasteiger partial charge in [-0.2, -0.15) is 4.31 Å². The van der Waals surface area contributed by atoms with E-state index in [0.717, 1.165) is 17.8 Å². The minimum atomic E-state index is -3.46. The summed E-state index contributed by atoms with van der Waals surface area (Å²) in [7, 11) is -1.47. The molecule has 1 aromatic rings. The topological polar surface area (TPSA) is 66.7 Å². The Labute approximate surface area is 138 Å². The molecule has 0 saturated carbocycles. The number of rotatable bonds is 3. The number of sulfonamides is 1. The summed E-state index contributed by atoms with van der Waals surface area (Å²) in [5.41, 5.74) is 0.164. The summed E-state index contributed by atoms with van der Waals surface area (Å²) in [5, 5.41) is 11.9. The van der Waals surface area contributed by atoms with Crippen molar-refractivity contribution in [2.45, 2.75) is 31.2 Å². The van der Waals surface area contributed by atoms with Crippen LogP contribution in [-0.4, -0.2) is 67.3 Å². The summed E-state index contributed by atoms with van der Waals surface area (Å²) >= 11 is 0. The van der Waals surface area contributed by atoms with Gasteiger partial charge in [0.05, 0.1) is 4.90 Å². The molecule has 1 fully saturated rings. The van der Waals surface area contributed by atoms with Crippen molar-refractivity contribution in [3.8, 4) is 0 Å². The van der Waals surface area contributed by atoms with E-state index >= 15 is 0 Å². The fourth-order valence-corrected chi connectivity index (χ4v) is 3.65. The predicted octanol–water partition coefficient (Wildman–Crippen LogP) is 1.35. The fraction of sp³-hybridized carbons (Fsp3) is 0.562. The summed E-state index contributed by atoms with van der Waals surface area (Å²) in [6, 6.07) is 6.46. The molecule has 2 rings (SSSR count). The smallest absolute Gasteiger partial charge is 0.243 e. The van der Waals surface area contributed by atoms with E-state index in [1.165, 1.54) is 10.5 Å². The molecule has 0 unspecified atom stereocenters. The number of likely N-dealkylation sites (N-methyl/N-ethyl adjacent to an activating group) is 1. The lowest BCUT2D eigenvalue weighted by Crippen LogP contribution is -2.46. The molecule has 1 heterocycles. The van der Waals surface area contributed by atoms with E-state index in [1.54, 1.807) is 24.3 Å². The maximum atomic E-state index is 12.6. The second kappa shape index (κ2) is 6.59. The molecule has 1 aliphatic heterocycles. The Bertz CT molecular complexity index is 668. The van der Waals surface area contributed by atoms with E-state index in [2.05, 4.69) is 4.90 Å². The van der Waals surface area contributed by atoms with Crippen LogP contribution in [0.15, 0.2) is 29.2 Å². The lowest BCUT2D eigenvalue weighted by Gasteiger charge is -2.31. The number of piperazine rings is 1. The van der Waals surface area contributed by atoms with E-state index in [9.17, 15) is 13.6 Å². The Morgan fingerprint density at radius 3 is 2.09 bits per heavy atom. The lowest BCUT2D eigenvalue weighted by molar-refractivity contribution is -0.530. The Hall–Kier alpha value is -1.44. The van der Waals surface area contributed by atoms with Gasteiger partial charge < -0.3 is 10.1 Å². The third kappa shape index (κ3) is 4.31. The molecule has 1 aromatic carbocycles. The first-order valence-electron chi connectivity index (χ1n) is 7.71. The van der Waals surface area contributed by atoms with Crippen LogP contribution < -0.4 is 0 Å². The van der Waals surface area contributed by atoms with Gasteiger partial charge in [0, 0.05) is 52.5 Å². The lowest BCUT2D eigenvalue weighted by atomic mass is 10.1. The van der Waals surface area contributed by atoms with Crippen LogP contribution in [0.25, 0.3) is 0 Å². The summed E-state index contributed by atoms with van der Waals surface area (Å²) < 4.78 is 27.6. The highest BCUT2D eigenvalue weighted by molar-refractivity contribution is 7.89. The second-order valence-corrected chi connectivity index (χ2v) is 8.84. The third-order valence-corrected chi connectivity index (χ3v) is 5.82. The highest BCUT2D eigenvalue weighted by Gasteiger charge is 2.27. The number of hydroxylamine groups is 1. The molecule has 0 spiro atoms. The normalized spacial score (nSPS) is 19.0. The van der Waals surface area contributed by atoms with Gasteiger partial charge in [-0.05, 0) is 31.3 Å². The SMILES string of the molecule is CN1CCN(S(=O)(=O)c2ccc(/C=[N+](\[O-])C(C)(C)C)cc2)CC1. The van der Waals surface area contributed by atoms with Crippen molar-refractivity contribution < 1.29 is 13.2 Å². The van der Waals surface area contributed by atoms with Crippen LogP contribution in [-0.2, 0) is 10.0 Å². The zero-order valence-corrected chi connectivity index (χ0v) is 15.0. The average molecular weight is 339 g/mol.